The van der Waals surface area contributed by atoms with Crippen molar-refractivity contribution in [3.05, 3.63) is 54.1 Å². The molecule has 1 aliphatic rings. The Bertz CT molecular complexity index is 700. The molecule has 2 aromatic carbocycles. The molecule has 0 aliphatic carbocycles. The fourth-order valence-electron chi connectivity index (χ4n) is 2.90. The normalized spacial score (nSPS) is 14.0. The van der Waals surface area contributed by atoms with Crippen LogP contribution in [0.15, 0.2) is 48.5 Å². The number of ether oxygens (including phenoxy) is 2. The molecule has 0 unspecified atom stereocenters. The summed E-state index contributed by atoms with van der Waals surface area (Å²) >= 11 is 0. The van der Waals surface area contributed by atoms with Crippen LogP contribution in [0.5, 0.6) is 5.75 Å². The van der Waals surface area contributed by atoms with Crippen LogP contribution < -0.4 is 15.0 Å². The number of hydrogen-bond acceptors (Lipinski definition) is 4. The lowest BCUT2D eigenvalue weighted by atomic mass is 10.2. The highest BCUT2D eigenvalue weighted by Gasteiger charge is 2.21. The van der Waals surface area contributed by atoms with Gasteiger partial charge in [0.1, 0.15) is 12.4 Å². The van der Waals surface area contributed by atoms with Crippen LogP contribution >= 0.6 is 0 Å². The molecule has 2 aromatic rings. The lowest BCUT2D eigenvalue weighted by Crippen LogP contribution is -2.23. The Hall–Kier alpha value is -2.53. The van der Waals surface area contributed by atoms with Crippen LogP contribution in [0.4, 0.5) is 11.4 Å². The van der Waals surface area contributed by atoms with Gasteiger partial charge in [-0.25, -0.2) is 0 Å². The van der Waals surface area contributed by atoms with Gasteiger partial charge in [0.05, 0.1) is 6.61 Å². The number of nitrogens with one attached hydrogen (secondary N) is 1. The maximum absolute atomic E-state index is 11.8. The molecule has 1 amide bonds. The van der Waals surface area contributed by atoms with E-state index in [0.29, 0.717) is 26.2 Å². The van der Waals surface area contributed by atoms with Gasteiger partial charge in [-0.05, 0) is 36.8 Å². The van der Waals surface area contributed by atoms with Gasteiger partial charge in [-0.3, -0.25) is 4.79 Å². The number of nitrogens with zero attached hydrogens (tertiary/aromatic N) is 1. The maximum atomic E-state index is 11.8. The second-order valence-corrected chi connectivity index (χ2v) is 6.00. The van der Waals surface area contributed by atoms with Crippen molar-refractivity contribution in [3.8, 4) is 5.75 Å². The molecule has 1 heterocycles. The molecule has 5 nitrogen and oxygen atoms in total. The second kappa shape index (κ2) is 8.53. The van der Waals surface area contributed by atoms with E-state index in [-0.39, 0.29) is 5.91 Å². The van der Waals surface area contributed by atoms with Crippen molar-refractivity contribution in [2.45, 2.75) is 19.4 Å². The first-order chi connectivity index (χ1) is 12.3. The summed E-state index contributed by atoms with van der Waals surface area (Å²) < 4.78 is 10.8. The van der Waals surface area contributed by atoms with Crippen molar-refractivity contribution in [2.24, 2.45) is 0 Å². The van der Waals surface area contributed by atoms with E-state index in [9.17, 15) is 4.79 Å². The minimum Gasteiger partial charge on any atom is -0.491 e. The standard InChI is InChI=1S/C20H24N2O3/c1-24-13-14-25-19-6-3-2-5-16(19)15-21-17-8-10-18(11-9-17)22-12-4-7-20(22)23/h2-3,5-6,8-11,21H,4,7,12-15H2,1H3. The molecule has 0 radical (unpaired) electrons. The summed E-state index contributed by atoms with van der Waals surface area (Å²) in [6.45, 7) is 2.59. The van der Waals surface area contributed by atoms with Crippen molar-refractivity contribution in [1.29, 1.82) is 0 Å². The number of rotatable bonds is 8. The summed E-state index contributed by atoms with van der Waals surface area (Å²) in [7, 11) is 1.66. The third-order valence-electron chi connectivity index (χ3n) is 4.25. The summed E-state index contributed by atoms with van der Waals surface area (Å²) in [5, 5.41) is 3.41. The zero-order valence-electron chi connectivity index (χ0n) is 14.5. The zero-order chi connectivity index (χ0) is 17.5. The molecule has 0 bridgehead atoms. The Labute approximate surface area is 148 Å². The summed E-state index contributed by atoms with van der Waals surface area (Å²) in [6, 6.07) is 16.0. The topological polar surface area (TPSA) is 50.8 Å². The zero-order valence-corrected chi connectivity index (χ0v) is 14.5. The number of benzene rings is 2. The first kappa shape index (κ1) is 17.3. The number of amides is 1. The molecular weight excluding hydrogens is 316 g/mol. The molecule has 25 heavy (non-hydrogen) atoms. The largest absolute Gasteiger partial charge is 0.491 e. The van der Waals surface area contributed by atoms with Crippen LogP contribution in [0.2, 0.25) is 0 Å². The molecule has 0 saturated carbocycles. The lowest BCUT2D eigenvalue weighted by Gasteiger charge is -2.16. The maximum Gasteiger partial charge on any atom is 0.227 e. The summed E-state index contributed by atoms with van der Waals surface area (Å²) in [5.74, 6) is 1.08. The van der Waals surface area contributed by atoms with E-state index in [2.05, 4.69) is 5.32 Å². The van der Waals surface area contributed by atoms with E-state index in [1.54, 1.807) is 7.11 Å². The van der Waals surface area contributed by atoms with Gasteiger partial charge in [0.2, 0.25) is 5.91 Å². The number of carbonyl (C=O) groups is 1. The smallest absolute Gasteiger partial charge is 0.227 e. The fraction of sp³-hybridized carbons (Fsp3) is 0.350. The number of anilines is 2. The van der Waals surface area contributed by atoms with E-state index in [0.717, 1.165) is 35.7 Å². The fourth-order valence-corrected chi connectivity index (χ4v) is 2.90. The highest BCUT2D eigenvalue weighted by atomic mass is 16.5. The summed E-state index contributed by atoms with van der Waals surface area (Å²) in [6.07, 6.45) is 1.60. The van der Waals surface area contributed by atoms with Crippen LogP contribution in [-0.2, 0) is 16.1 Å². The SMILES string of the molecule is COCCOc1ccccc1CNc1ccc(N2CCCC2=O)cc1. The number of hydrogen-bond donors (Lipinski definition) is 1. The van der Waals surface area contributed by atoms with E-state index in [1.165, 1.54) is 0 Å². The van der Waals surface area contributed by atoms with E-state index < -0.39 is 0 Å². The first-order valence-corrected chi connectivity index (χ1v) is 8.62. The van der Waals surface area contributed by atoms with Gasteiger partial charge in [0.25, 0.3) is 0 Å². The molecule has 0 aromatic heterocycles. The minimum atomic E-state index is 0.211. The van der Waals surface area contributed by atoms with Gasteiger partial charge in [-0.15, -0.1) is 0 Å². The van der Waals surface area contributed by atoms with Crippen molar-refractivity contribution in [2.75, 3.05) is 37.1 Å². The quantitative estimate of drug-likeness (QED) is 0.748. The molecule has 1 saturated heterocycles. The molecule has 132 valence electrons. The Morgan fingerprint density at radius 2 is 1.88 bits per heavy atom. The first-order valence-electron chi connectivity index (χ1n) is 8.62. The highest BCUT2D eigenvalue weighted by Crippen LogP contribution is 2.24. The Morgan fingerprint density at radius 1 is 1.08 bits per heavy atom. The van der Waals surface area contributed by atoms with Crippen molar-refractivity contribution >= 4 is 17.3 Å². The molecular formula is C20H24N2O3. The van der Waals surface area contributed by atoms with Crippen molar-refractivity contribution in [1.82, 2.24) is 0 Å². The van der Waals surface area contributed by atoms with Crippen molar-refractivity contribution < 1.29 is 14.3 Å². The molecule has 1 aliphatic heterocycles. The van der Waals surface area contributed by atoms with E-state index in [1.807, 2.05) is 53.4 Å². The highest BCUT2D eigenvalue weighted by molar-refractivity contribution is 5.95. The number of methoxy groups -OCH3 is 1. The monoisotopic (exact) mass is 340 g/mol. The lowest BCUT2D eigenvalue weighted by molar-refractivity contribution is -0.117. The molecule has 0 spiro atoms. The molecule has 1 fully saturated rings. The van der Waals surface area contributed by atoms with Gasteiger partial charge >= 0.3 is 0 Å². The average Bonchev–Trinajstić information content (AvgIpc) is 3.07. The van der Waals surface area contributed by atoms with Crippen LogP contribution in [0.3, 0.4) is 0 Å². The molecule has 1 N–H and O–H groups in total. The van der Waals surface area contributed by atoms with Crippen LogP contribution in [0.1, 0.15) is 18.4 Å². The third-order valence-corrected chi connectivity index (χ3v) is 4.25. The van der Waals surface area contributed by atoms with Gasteiger partial charge in [-0.1, -0.05) is 18.2 Å². The van der Waals surface area contributed by atoms with Crippen molar-refractivity contribution in [3.63, 3.8) is 0 Å². The van der Waals surface area contributed by atoms with Crippen LogP contribution in [0.25, 0.3) is 0 Å². The van der Waals surface area contributed by atoms with Crippen LogP contribution in [-0.4, -0.2) is 32.8 Å². The molecule has 3 rings (SSSR count). The van der Waals surface area contributed by atoms with Gasteiger partial charge in [-0.2, -0.15) is 0 Å². The van der Waals surface area contributed by atoms with Gasteiger partial charge < -0.3 is 19.7 Å². The number of para-hydroxylation sites is 1. The molecule has 0 atom stereocenters. The average molecular weight is 340 g/mol. The third kappa shape index (κ3) is 4.51. The Balaban J connectivity index is 1.59. The van der Waals surface area contributed by atoms with E-state index in [4.69, 9.17) is 9.47 Å². The Morgan fingerprint density at radius 3 is 2.60 bits per heavy atom. The predicted octanol–water partition coefficient (Wildman–Crippen LogP) is 3.45. The second-order valence-electron chi connectivity index (χ2n) is 6.00. The van der Waals surface area contributed by atoms with Gasteiger partial charge in [0.15, 0.2) is 0 Å². The number of carbonyl (C=O) groups excluding carboxylic acids is 1. The Kier molecular flexibility index (Phi) is 5.90. The summed E-state index contributed by atoms with van der Waals surface area (Å²) in [5.41, 5.74) is 3.08. The van der Waals surface area contributed by atoms with E-state index >= 15 is 0 Å². The minimum absolute atomic E-state index is 0.211. The summed E-state index contributed by atoms with van der Waals surface area (Å²) in [4.78, 5) is 13.7. The van der Waals surface area contributed by atoms with Crippen LogP contribution in [0, 0.1) is 0 Å². The molecule has 5 heteroatoms. The van der Waals surface area contributed by atoms with Gasteiger partial charge in [0, 0.05) is 43.6 Å². The predicted molar refractivity (Wildman–Crippen MR) is 99.2 cm³/mol.